The summed E-state index contributed by atoms with van der Waals surface area (Å²) in [6.07, 6.45) is 10.1. The lowest BCUT2D eigenvalue weighted by atomic mass is 9.88. The number of carbonyl (C=O) groups is 1. The summed E-state index contributed by atoms with van der Waals surface area (Å²) < 4.78 is 5.83. The quantitative estimate of drug-likeness (QED) is 0.722. The van der Waals surface area contributed by atoms with Crippen molar-refractivity contribution in [3.8, 4) is 11.3 Å². The largest absolute Gasteiger partial charge is 0.441 e. The Morgan fingerprint density at radius 3 is 2.46 bits per heavy atom. The summed E-state index contributed by atoms with van der Waals surface area (Å²) in [5.41, 5.74) is 2.31. The summed E-state index contributed by atoms with van der Waals surface area (Å²) in [6, 6.07) is 8.16. The van der Waals surface area contributed by atoms with Gasteiger partial charge in [0.25, 0.3) is 0 Å². The van der Waals surface area contributed by atoms with Crippen LogP contribution in [0.4, 0.5) is 0 Å². The van der Waals surface area contributed by atoms with Crippen LogP contribution in [0.15, 0.2) is 34.9 Å². The zero-order valence-electron chi connectivity index (χ0n) is 17.5. The van der Waals surface area contributed by atoms with E-state index in [1.807, 2.05) is 12.1 Å². The van der Waals surface area contributed by atoms with Crippen molar-refractivity contribution in [1.82, 2.24) is 15.2 Å². The molecule has 28 heavy (non-hydrogen) atoms. The Bertz CT molecular complexity index is 756. The number of oxazole rings is 1. The van der Waals surface area contributed by atoms with Crippen LogP contribution in [0, 0.1) is 6.92 Å². The van der Waals surface area contributed by atoms with Crippen LogP contribution >= 0.6 is 0 Å². The van der Waals surface area contributed by atoms with Gasteiger partial charge in [-0.25, -0.2) is 4.98 Å². The number of rotatable bonds is 7. The molecule has 0 radical (unpaired) electrons. The predicted octanol–water partition coefficient (Wildman–Crippen LogP) is 4.35. The smallest absolute Gasteiger partial charge is 0.220 e. The van der Waals surface area contributed by atoms with Gasteiger partial charge >= 0.3 is 0 Å². The summed E-state index contributed by atoms with van der Waals surface area (Å²) in [6.45, 7) is 2.78. The standard InChI is InChI=1S/C23H33N3O2/c1-18-8-10-19(11-9-18)20-16-24-22(28-20)13-12-21(27)25-17-23(26(2)3)14-6-4-5-7-15-23/h8-11,16H,4-7,12-15,17H2,1-3H3,(H,25,27). The lowest BCUT2D eigenvalue weighted by molar-refractivity contribution is -0.121. The molecule has 1 aromatic carbocycles. The van der Waals surface area contributed by atoms with Gasteiger partial charge in [-0.1, -0.05) is 55.5 Å². The molecule has 0 bridgehead atoms. The van der Waals surface area contributed by atoms with E-state index in [2.05, 4.69) is 48.4 Å². The fourth-order valence-corrected chi connectivity index (χ4v) is 4.02. The number of aryl methyl sites for hydroxylation is 2. The third-order valence-electron chi connectivity index (χ3n) is 6.05. The molecule has 0 atom stereocenters. The number of hydrogen-bond donors (Lipinski definition) is 1. The molecule has 0 spiro atoms. The van der Waals surface area contributed by atoms with E-state index in [9.17, 15) is 4.79 Å². The van der Waals surface area contributed by atoms with Gasteiger partial charge in [0, 0.05) is 30.5 Å². The van der Waals surface area contributed by atoms with Crippen molar-refractivity contribution in [2.75, 3.05) is 20.6 Å². The molecule has 1 aliphatic carbocycles. The minimum atomic E-state index is 0.0700. The lowest BCUT2D eigenvalue weighted by Crippen LogP contribution is -2.52. The van der Waals surface area contributed by atoms with Gasteiger partial charge in [-0.2, -0.15) is 0 Å². The minimum Gasteiger partial charge on any atom is -0.441 e. The van der Waals surface area contributed by atoms with Crippen LogP contribution in [0.2, 0.25) is 0 Å². The van der Waals surface area contributed by atoms with Crippen LogP contribution in [0.5, 0.6) is 0 Å². The average Bonchev–Trinajstić information content (AvgIpc) is 3.02. The van der Waals surface area contributed by atoms with E-state index in [-0.39, 0.29) is 11.4 Å². The molecule has 1 aromatic heterocycles. The summed E-state index contributed by atoms with van der Waals surface area (Å²) in [4.78, 5) is 19.1. The number of benzene rings is 1. The zero-order valence-corrected chi connectivity index (χ0v) is 17.5. The van der Waals surface area contributed by atoms with E-state index in [0.717, 1.165) is 30.7 Å². The molecule has 5 nitrogen and oxygen atoms in total. The first-order valence-electron chi connectivity index (χ1n) is 10.4. The van der Waals surface area contributed by atoms with E-state index >= 15 is 0 Å². The first-order valence-corrected chi connectivity index (χ1v) is 10.4. The summed E-state index contributed by atoms with van der Waals surface area (Å²) >= 11 is 0. The van der Waals surface area contributed by atoms with E-state index < -0.39 is 0 Å². The molecule has 0 unspecified atom stereocenters. The van der Waals surface area contributed by atoms with Gasteiger partial charge < -0.3 is 14.6 Å². The molecule has 1 aliphatic rings. The van der Waals surface area contributed by atoms with E-state index in [1.54, 1.807) is 6.20 Å². The third-order valence-corrected chi connectivity index (χ3v) is 6.05. The van der Waals surface area contributed by atoms with Gasteiger partial charge in [-0.15, -0.1) is 0 Å². The molecule has 1 heterocycles. The number of likely N-dealkylation sites (N-methyl/N-ethyl adjacent to an activating group) is 1. The number of nitrogens with one attached hydrogen (secondary N) is 1. The number of aromatic nitrogens is 1. The van der Waals surface area contributed by atoms with E-state index in [4.69, 9.17) is 4.42 Å². The van der Waals surface area contributed by atoms with Crippen molar-refractivity contribution in [2.45, 2.75) is 63.8 Å². The SMILES string of the molecule is Cc1ccc(-c2cnc(CCC(=O)NCC3(N(C)C)CCCCCC3)o2)cc1. The molecule has 0 aliphatic heterocycles. The summed E-state index contributed by atoms with van der Waals surface area (Å²) in [5.74, 6) is 1.43. The second kappa shape index (κ2) is 9.37. The first kappa shape index (κ1) is 20.6. The number of nitrogens with zero attached hydrogens (tertiary/aromatic N) is 2. The molecule has 0 saturated heterocycles. The molecule has 1 N–H and O–H groups in total. The highest BCUT2D eigenvalue weighted by Gasteiger charge is 2.33. The highest BCUT2D eigenvalue weighted by atomic mass is 16.4. The summed E-state index contributed by atoms with van der Waals surface area (Å²) in [7, 11) is 4.27. The van der Waals surface area contributed by atoms with Crippen molar-refractivity contribution in [3.63, 3.8) is 0 Å². The average molecular weight is 384 g/mol. The van der Waals surface area contributed by atoms with Crippen LogP contribution in [-0.2, 0) is 11.2 Å². The molecule has 2 aromatic rings. The molecule has 5 heteroatoms. The molecule has 1 amide bonds. The van der Waals surface area contributed by atoms with Crippen molar-refractivity contribution in [3.05, 3.63) is 41.9 Å². The van der Waals surface area contributed by atoms with Crippen molar-refractivity contribution in [2.24, 2.45) is 0 Å². The number of amides is 1. The summed E-state index contributed by atoms with van der Waals surface area (Å²) in [5, 5.41) is 3.17. The fraction of sp³-hybridized carbons (Fsp3) is 0.565. The molecular formula is C23H33N3O2. The van der Waals surface area contributed by atoms with Crippen LogP contribution in [-0.4, -0.2) is 42.0 Å². The third kappa shape index (κ3) is 5.22. The zero-order chi connectivity index (χ0) is 20.0. The van der Waals surface area contributed by atoms with Crippen molar-refractivity contribution >= 4 is 5.91 Å². The van der Waals surface area contributed by atoms with Crippen LogP contribution in [0.1, 0.15) is 56.4 Å². The highest BCUT2D eigenvalue weighted by Crippen LogP contribution is 2.30. The monoisotopic (exact) mass is 383 g/mol. The molecule has 1 fully saturated rings. The van der Waals surface area contributed by atoms with Gasteiger partial charge in [0.2, 0.25) is 5.91 Å². The Labute approximate surface area is 168 Å². The topological polar surface area (TPSA) is 58.4 Å². The van der Waals surface area contributed by atoms with Gasteiger partial charge in [-0.05, 0) is 33.9 Å². The van der Waals surface area contributed by atoms with Crippen LogP contribution < -0.4 is 5.32 Å². The Kier molecular flexibility index (Phi) is 6.89. The Hall–Kier alpha value is -2.14. The molecule has 1 saturated carbocycles. The highest BCUT2D eigenvalue weighted by molar-refractivity contribution is 5.76. The number of carbonyl (C=O) groups excluding carboxylic acids is 1. The Morgan fingerprint density at radius 1 is 1.14 bits per heavy atom. The van der Waals surface area contributed by atoms with Gasteiger partial charge in [-0.3, -0.25) is 4.79 Å². The predicted molar refractivity (Wildman–Crippen MR) is 112 cm³/mol. The second-order valence-electron chi connectivity index (χ2n) is 8.29. The van der Waals surface area contributed by atoms with Gasteiger partial charge in [0.1, 0.15) is 0 Å². The number of hydrogen-bond acceptors (Lipinski definition) is 4. The van der Waals surface area contributed by atoms with E-state index in [0.29, 0.717) is 18.7 Å². The Morgan fingerprint density at radius 2 is 1.82 bits per heavy atom. The lowest BCUT2D eigenvalue weighted by Gasteiger charge is -2.39. The van der Waals surface area contributed by atoms with Crippen LogP contribution in [0.3, 0.4) is 0 Å². The molecular weight excluding hydrogens is 350 g/mol. The second-order valence-corrected chi connectivity index (χ2v) is 8.29. The maximum atomic E-state index is 12.4. The van der Waals surface area contributed by atoms with E-state index in [1.165, 1.54) is 31.2 Å². The van der Waals surface area contributed by atoms with Crippen molar-refractivity contribution in [1.29, 1.82) is 0 Å². The molecule has 152 valence electrons. The molecule has 3 rings (SSSR count). The normalized spacial score (nSPS) is 16.7. The Balaban J connectivity index is 1.51. The maximum absolute atomic E-state index is 12.4. The fourth-order valence-electron chi connectivity index (χ4n) is 4.02. The van der Waals surface area contributed by atoms with Crippen molar-refractivity contribution < 1.29 is 9.21 Å². The minimum absolute atomic E-state index is 0.0700. The maximum Gasteiger partial charge on any atom is 0.220 e. The van der Waals surface area contributed by atoms with Crippen LogP contribution in [0.25, 0.3) is 11.3 Å². The van der Waals surface area contributed by atoms with Gasteiger partial charge in [0.15, 0.2) is 11.7 Å². The van der Waals surface area contributed by atoms with Gasteiger partial charge in [0.05, 0.1) is 6.20 Å². The first-order chi connectivity index (χ1) is 13.5.